The van der Waals surface area contributed by atoms with E-state index in [4.69, 9.17) is 0 Å². The van der Waals surface area contributed by atoms with Gasteiger partial charge in [0.15, 0.2) is 0 Å². The number of thiophene rings is 2. The van der Waals surface area contributed by atoms with Gasteiger partial charge in [0.25, 0.3) is 0 Å². The van der Waals surface area contributed by atoms with E-state index < -0.39 is 0 Å². The average molecular weight is 347 g/mol. The van der Waals surface area contributed by atoms with E-state index in [1.807, 2.05) is 47.3 Å². The van der Waals surface area contributed by atoms with Gasteiger partial charge in [0, 0.05) is 6.07 Å². The number of carbonyl (C=O) groups excluding carboxylic acids is 1. The first-order valence-corrected chi connectivity index (χ1v) is 9.07. The Kier molecular flexibility index (Phi) is 4.90. The zero-order valence-electron chi connectivity index (χ0n) is 12.6. The minimum absolute atomic E-state index is 0.0332. The average Bonchev–Trinajstić information content (AvgIpc) is 3.29. The Morgan fingerprint density at radius 1 is 1.43 bits per heavy atom. The number of aliphatic hydroxyl groups is 1. The molecule has 0 aromatic carbocycles. The van der Waals surface area contributed by atoms with Crippen molar-refractivity contribution in [2.75, 3.05) is 11.9 Å². The molecule has 0 aliphatic heterocycles. The van der Waals surface area contributed by atoms with Crippen molar-refractivity contribution in [3.63, 3.8) is 0 Å². The van der Waals surface area contributed by atoms with Crippen molar-refractivity contribution in [2.45, 2.75) is 19.4 Å². The van der Waals surface area contributed by atoms with Crippen molar-refractivity contribution in [1.29, 1.82) is 0 Å². The van der Waals surface area contributed by atoms with E-state index in [0.717, 1.165) is 16.1 Å². The molecule has 0 saturated carbocycles. The third-order valence-corrected chi connectivity index (χ3v) is 5.15. The van der Waals surface area contributed by atoms with E-state index in [0.29, 0.717) is 12.4 Å². The van der Waals surface area contributed by atoms with Crippen molar-refractivity contribution in [3.8, 4) is 10.6 Å². The number of rotatable bonds is 6. The fraction of sp³-hybridized carbons (Fsp3) is 0.250. The lowest BCUT2D eigenvalue weighted by Gasteiger charge is -2.12. The highest BCUT2D eigenvalue weighted by molar-refractivity contribution is 7.13. The zero-order chi connectivity index (χ0) is 16.2. The molecule has 0 radical (unpaired) electrons. The Labute approximate surface area is 142 Å². The van der Waals surface area contributed by atoms with Crippen LogP contribution in [0.5, 0.6) is 0 Å². The van der Waals surface area contributed by atoms with Gasteiger partial charge >= 0.3 is 0 Å². The predicted molar refractivity (Wildman–Crippen MR) is 94.0 cm³/mol. The Morgan fingerprint density at radius 3 is 2.96 bits per heavy atom. The lowest BCUT2D eigenvalue weighted by molar-refractivity contribution is -0.117. The minimum Gasteiger partial charge on any atom is -0.394 e. The summed E-state index contributed by atoms with van der Waals surface area (Å²) in [6.45, 7) is 2.19. The number of nitrogens with one attached hydrogen (secondary N) is 1. The van der Waals surface area contributed by atoms with Crippen LogP contribution in [-0.2, 0) is 11.3 Å². The van der Waals surface area contributed by atoms with Crippen LogP contribution < -0.4 is 5.32 Å². The molecule has 0 aliphatic carbocycles. The lowest BCUT2D eigenvalue weighted by atomic mass is 10.0. The Balaban J connectivity index is 1.82. The first-order chi connectivity index (χ1) is 11.2. The normalized spacial score (nSPS) is 12.3. The maximum absolute atomic E-state index is 12.5. The van der Waals surface area contributed by atoms with Gasteiger partial charge in [-0.2, -0.15) is 16.4 Å². The molecule has 3 rings (SSSR count). The molecule has 0 spiro atoms. The van der Waals surface area contributed by atoms with E-state index in [2.05, 4.69) is 10.4 Å². The zero-order valence-corrected chi connectivity index (χ0v) is 14.2. The highest BCUT2D eigenvalue weighted by atomic mass is 32.1. The summed E-state index contributed by atoms with van der Waals surface area (Å²) in [7, 11) is 0. The smallest absolute Gasteiger partial charge is 0.232 e. The van der Waals surface area contributed by atoms with Crippen LogP contribution in [0.4, 0.5) is 5.82 Å². The second-order valence-electron chi connectivity index (χ2n) is 5.11. The number of aliphatic hydroxyl groups excluding tert-OH is 1. The van der Waals surface area contributed by atoms with Crippen LogP contribution in [0.15, 0.2) is 40.4 Å². The van der Waals surface area contributed by atoms with Crippen molar-refractivity contribution in [2.24, 2.45) is 0 Å². The first kappa shape index (κ1) is 15.9. The summed E-state index contributed by atoms with van der Waals surface area (Å²) in [5.74, 6) is 0.290. The van der Waals surface area contributed by atoms with Crippen LogP contribution in [0.3, 0.4) is 0 Å². The summed E-state index contributed by atoms with van der Waals surface area (Å²) >= 11 is 3.17. The van der Waals surface area contributed by atoms with Crippen LogP contribution >= 0.6 is 22.7 Å². The molecule has 0 aliphatic rings. The Bertz CT molecular complexity index is 763. The second kappa shape index (κ2) is 7.08. The molecule has 3 aromatic heterocycles. The van der Waals surface area contributed by atoms with Gasteiger partial charge < -0.3 is 10.4 Å². The van der Waals surface area contributed by atoms with Gasteiger partial charge in [0.2, 0.25) is 5.91 Å². The third kappa shape index (κ3) is 3.52. The summed E-state index contributed by atoms with van der Waals surface area (Å²) in [5.41, 5.74) is 1.80. The second-order valence-corrected chi connectivity index (χ2v) is 6.83. The predicted octanol–water partition coefficient (Wildman–Crippen LogP) is 3.41. The number of hydrogen-bond acceptors (Lipinski definition) is 5. The Hall–Kier alpha value is -1.96. The highest BCUT2D eigenvalue weighted by Gasteiger charge is 2.18. The molecule has 3 heterocycles. The SMILES string of the molecule is CC(C(=O)Nc1cc(-c2cccs2)nn1CCO)c1ccsc1. The van der Waals surface area contributed by atoms with E-state index in [-0.39, 0.29) is 18.4 Å². The summed E-state index contributed by atoms with van der Waals surface area (Å²) in [5, 5.41) is 22.5. The summed E-state index contributed by atoms with van der Waals surface area (Å²) < 4.78 is 1.63. The topological polar surface area (TPSA) is 67.2 Å². The molecule has 0 saturated heterocycles. The molecule has 1 atom stereocenters. The number of amides is 1. The van der Waals surface area contributed by atoms with Crippen molar-refractivity contribution in [3.05, 3.63) is 46.0 Å². The maximum Gasteiger partial charge on any atom is 0.232 e. The van der Waals surface area contributed by atoms with Crippen LogP contribution in [0, 0.1) is 0 Å². The molecular formula is C16H17N3O2S2. The van der Waals surface area contributed by atoms with E-state index in [1.165, 1.54) is 0 Å². The van der Waals surface area contributed by atoms with Crippen LogP contribution in [-0.4, -0.2) is 27.4 Å². The number of aromatic nitrogens is 2. The number of anilines is 1. The van der Waals surface area contributed by atoms with Gasteiger partial charge in [0.05, 0.1) is 23.9 Å². The molecule has 0 fully saturated rings. The van der Waals surface area contributed by atoms with Crippen molar-refractivity contribution in [1.82, 2.24) is 9.78 Å². The number of carbonyl (C=O) groups is 1. The van der Waals surface area contributed by atoms with Gasteiger partial charge in [-0.15, -0.1) is 11.3 Å². The molecule has 1 unspecified atom stereocenters. The van der Waals surface area contributed by atoms with Gasteiger partial charge in [-0.05, 0) is 40.8 Å². The number of hydrogen-bond donors (Lipinski definition) is 2. The van der Waals surface area contributed by atoms with Gasteiger partial charge in [0.1, 0.15) is 11.5 Å². The van der Waals surface area contributed by atoms with Gasteiger partial charge in [-0.1, -0.05) is 6.07 Å². The molecule has 5 nitrogen and oxygen atoms in total. The van der Waals surface area contributed by atoms with E-state index >= 15 is 0 Å². The van der Waals surface area contributed by atoms with Gasteiger partial charge in [-0.25, -0.2) is 4.68 Å². The summed E-state index contributed by atoms with van der Waals surface area (Å²) in [4.78, 5) is 13.5. The molecular weight excluding hydrogens is 330 g/mol. The molecule has 120 valence electrons. The summed E-state index contributed by atoms with van der Waals surface area (Å²) in [6.07, 6.45) is 0. The molecule has 0 bridgehead atoms. The number of nitrogens with zero attached hydrogens (tertiary/aromatic N) is 2. The lowest BCUT2D eigenvalue weighted by Crippen LogP contribution is -2.21. The van der Waals surface area contributed by atoms with Crippen molar-refractivity contribution >= 4 is 34.4 Å². The fourth-order valence-corrected chi connectivity index (χ4v) is 3.67. The highest BCUT2D eigenvalue weighted by Crippen LogP contribution is 2.27. The van der Waals surface area contributed by atoms with E-state index in [9.17, 15) is 9.90 Å². The molecule has 2 N–H and O–H groups in total. The van der Waals surface area contributed by atoms with E-state index in [1.54, 1.807) is 27.4 Å². The molecule has 7 heteroatoms. The first-order valence-electron chi connectivity index (χ1n) is 7.24. The molecule has 1 amide bonds. The molecule has 3 aromatic rings. The van der Waals surface area contributed by atoms with Crippen LogP contribution in [0.2, 0.25) is 0 Å². The van der Waals surface area contributed by atoms with Crippen LogP contribution in [0.25, 0.3) is 10.6 Å². The van der Waals surface area contributed by atoms with Gasteiger partial charge in [-0.3, -0.25) is 4.79 Å². The quantitative estimate of drug-likeness (QED) is 0.718. The fourth-order valence-electron chi connectivity index (χ4n) is 2.23. The standard InChI is InChI=1S/C16H17N3O2S2/c1-11(12-4-8-22-10-12)16(21)17-15-9-13(14-3-2-7-23-14)18-19(15)5-6-20/h2-4,7-11,20H,5-6H2,1H3,(H,17,21). The maximum atomic E-state index is 12.5. The monoisotopic (exact) mass is 347 g/mol. The minimum atomic E-state index is -0.232. The Morgan fingerprint density at radius 2 is 2.30 bits per heavy atom. The third-order valence-electron chi connectivity index (χ3n) is 3.55. The molecule has 23 heavy (non-hydrogen) atoms. The largest absolute Gasteiger partial charge is 0.394 e. The van der Waals surface area contributed by atoms with Crippen LogP contribution in [0.1, 0.15) is 18.4 Å². The van der Waals surface area contributed by atoms with Crippen molar-refractivity contribution < 1.29 is 9.90 Å². The summed E-state index contributed by atoms with van der Waals surface area (Å²) in [6, 6.07) is 7.74.